The van der Waals surface area contributed by atoms with Gasteiger partial charge in [0.25, 0.3) is 15.9 Å². The van der Waals surface area contributed by atoms with Crippen LogP contribution in [0.1, 0.15) is 49.9 Å². The molecule has 0 radical (unpaired) electrons. The van der Waals surface area contributed by atoms with Gasteiger partial charge < -0.3 is 10.1 Å². The molecule has 1 fully saturated rings. The number of para-hydroxylation sites is 1. The van der Waals surface area contributed by atoms with Crippen LogP contribution in [0.3, 0.4) is 0 Å². The summed E-state index contributed by atoms with van der Waals surface area (Å²) in [5.41, 5.74) is 0.613. The minimum Gasteiger partial charge on any atom is -0.449 e. The van der Waals surface area contributed by atoms with Crippen LogP contribution in [0.4, 0.5) is 5.69 Å². The van der Waals surface area contributed by atoms with Gasteiger partial charge in [0.15, 0.2) is 6.10 Å². The Morgan fingerprint density at radius 3 is 2.29 bits per heavy atom. The molecule has 3 atom stereocenters. The number of ether oxygens (including phenoxy) is 1. The summed E-state index contributed by atoms with van der Waals surface area (Å²) >= 11 is 0. The Kier molecular flexibility index (Phi) is 7.33. The van der Waals surface area contributed by atoms with Gasteiger partial charge in [0.2, 0.25) is 0 Å². The summed E-state index contributed by atoms with van der Waals surface area (Å²) in [6.45, 7) is 3.65. The summed E-state index contributed by atoms with van der Waals surface area (Å²) in [6, 6.07) is 14.0. The molecule has 8 heteroatoms. The largest absolute Gasteiger partial charge is 0.449 e. The molecule has 166 valence electrons. The summed E-state index contributed by atoms with van der Waals surface area (Å²) in [4.78, 5) is 24.8. The highest BCUT2D eigenvalue weighted by atomic mass is 32.2. The van der Waals surface area contributed by atoms with Gasteiger partial charge in [-0.05, 0) is 62.1 Å². The standard InChI is InChI=1S/C23H28N2O5S/c1-16-8-6-7-11-21(16)24-22(26)17(2)30-23(27)18-12-14-20(15-13-18)31(28,29)25-19-9-4-3-5-10-19/h3-5,9-10,12-17,21,25H,6-8,11H2,1-2H3,(H,24,26). The van der Waals surface area contributed by atoms with Crippen LogP contribution in [0.2, 0.25) is 0 Å². The lowest BCUT2D eigenvalue weighted by atomic mass is 9.86. The molecule has 3 rings (SSSR count). The fourth-order valence-electron chi connectivity index (χ4n) is 3.60. The summed E-state index contributed by atoms with van der Waals surface area (Å²) < 4.78 is 32.7. The predicted molar refractivity (Wildman–Crippen MR) is 118 cm³/mol. The van der Waals surface area contributed by atoms with Gasteiger partial charge in [0.05, 0.1) is 10.5 Å². The minimum atomic E-state index is -3.78. The van der Waals surface area contributed by atoms with Gasteiger partial charge in [0, 0.05) is 11.7 Å². The van der Waals surface area contributed by atoms with Crippen molar-refractivity contribution in [2.24, 2.45) is 5.92 Å². The maximum absolute atomic E-state index is 12.5. The molecule has 2 N–H and O–H groups in total. The van der Waals surface area contributed by atoms with Crippen LogP contribution in [0, 0.1) is 5.92 Å². The average Bonchev–Trinajstić information content (AvgIpc) is 2.75. The highest BCUT2D eigenvalue weighted by molar-refractivity contribution is 7.92. The lowest BCUT2D eigenvalue weighted by Gasteiger charge is -2.30. The molecule has 0 bridgehead atoms. The number of amides is 1. The van der Waals surface area contributed by atoms with Crippen LogP contribution in [0.25, 0.3) is 0 Å². The van der Waals surface area contributed by atoms with Crippen molar-refractivity contribution in [1.29, 1.82) is 0 Å². The summed E-state index contributed by atoms with van der Waals surface area (Å²) in [6.07, 6.45) is 3.32. The van der Waals surface area contributed by atoms with Crippen molar-refractivity contribution in [2.75, 3.05) is 4.72 Å². The molecule has 3 unspecified atom stereocenters. The maximum atomic E-state index is 12.5. The Morgan fingerprint density at radius 1 is 1.00 bits per heavy atom. The molecule has 2 aromatic rings. The van der Waals surface area contributed by atoms with Crippen molar-refractivity contribution in [2.45, 2.75) is 56.6 Å². The lowest BCUT2D eigenvalue weighted by Crippen LogP contribution is -2.45. The highest BCUT2D eigenvalue weighted by Crippen LogP contribution is 2.24. The van der Waals surface area contributed by atoms with Crippen molar-refractivity contribution >= 4 is 27.6 Å². The number of hydrogen-bond donors (Lipinski definition) is 2. The van der Waals surface area contributed by atoms with Crippen LogP contribution in [-0.2, 0) is 19.6 Å². The first kappa shape index (κ1) is 22.8. The minimum absolute atomic E-state index is 0.0185. The molecule has 31 heavy (non-hydrogen) atoms. The van der Waals surface area contributed by atoms with Crippen molar-refractivity contribution < 1.29 is 22.7 Å². The van der Waals surface area contributed by atoms with Gasteiger partial charge in [-0.3, -0.25) is 9.52 Å². The molecular formula is C23H28N2O5S. The molecule has 0 spiro atoms. The van der Waals surface area contributed by atoms with Crippen molar-refractivity contribution in [1.82, 2.24) is 5.32 Å². The monoisotopic (exact) mass is 444 g/mol. The smallest absolute Gasteiger partial charge is 0.338 e. The molecule has 1 amide bonds. The van der Waals surface area contributed by atoms with Gasteiger partial charge in [0.1, 0.15) is 0 Å². The number of carbonyl (C=O) groups is 2. The average molecular weight is 445 g/mol. The predicted octanol–water partition coefficient (Wildman–Crippen LogP) is 3.73. The quantitative estimate of drug-likeness (QED) is 0.634. The van der Waals surface area contributed by atoms with E-state index in [2.05, 4.69) is 17.0 Å². The molecule has 0 aromatic heterocycles. The second kappa shape index (κ2) is 9.96. The number of esters is 1. The highest BCUT2D eigenvalue weighted by Gasteiger charge is 2.26. The fourth-order valence-corrected chi connectivity index (χ4v) is 4.66. The molecule has 1 aliphatic rings. The van der Waals surface area contributed by atoms with E-state index in [1.807, 2.05) is 0 Å². The molecule has 1 saturated carbocycles. The summed E-state index contributed by atoms with van der Waals surface area (Å²) in [5.74, 6) is -0.600. The van der Waals surface area contributed by atoms with E-state index in [0.717, 1.165) is 19.3 Å². The first-order valence-corrected chi connectivity index (χ1v) is 11.9. The molecule has 1 aliphatic carbocycles. The SMILES string of the molecule is CC(OC(=O)c1ccc(S(=O)(=O)Nc2ccccc2)cc1)C(=O)NC1CCCCC1C. The Morgan fingerprint density at radius 2 is 1.65 bits per heavy atom. The van der Waals surface area contributed by atoms with Gasteiger partial charge in [-0.1, -0.05) is 38.0 Å². The first-order valence-electron chi connectivity index (χ1n) is 10.5. The first-order chi connectivity index (χ1) is 14.8. The molecule has 0 aliphatic heterocycles. The van der Waals surface area contributed by atoms with Gasteiger partial charge in [-0.15, -0.1) is 0 Å². The van der Waals surface area contributed by atoms with Crippen molar-refractivity contribution in [3.05, 3.63) is 60.2 Å². The summed E-state index contributed by atoms with van der Waals surface area (Å²) in [7, 11) is -3.78. The Hall–Kier alpha value is -2.87. The third-order valence-electron chi connectivity index (χ3n) is 5.52. The molecule has 0 heterocycles. The third-order valence-corrected chi connectivity index (χ3v) is 6.92. The molecule has 0 saturated heterocycles. The third kappa shape index (κ3) is 6.07. The van der Waals surface area contributed by atoms with Crippen molar-refractivity contribution in [3.8, 4) is 0 Å². The summed E-state index contributed by atoms with van der Waals surface area (Å²) in [5, 5.41) is 2.97. The molecular weight excluding hydrogens is 416 g/mol. The number of carbonyl (C=O) groups excluding carboxylic acids is 2. The number of rotatable bonds is 7. The Balaban J connectivity index is 1.58. The van der Waals surface area contributed by atoms with E-state index in [-0.39, 0.29) is 22.4 Å². The number of hydrogen-bond acceptors (Lipinski definition) is 5. The van der Waals surface area contributed by atoms with Gasteiger partial charge >= 0.3 is 5.97 Å². The van der Waals surface area contributed by atoms with Crippen LogP contribution in [0.15, 0.2) is 59.5 Å². The number of anilines is 1. The van der Waals surface area contributed by atoms with Crippen molar-refractivity contribution in [3.63, 3.8) is 0 Å². The zero-order valence-electron chi connectivity index (χ0n) is 17.7. The number of nitrogens with one attached hydrogen (secondary N) is 2. The Labute approximate surface area is 183 Å². The van der Waals surface area contributed by atoms with E-state index in [9.17, 15) is 18.0 Å². The Bertz CT molecular complexity index is 1010. The van der Waals surface area contributed by atoms with Crippen LogP contribution >= 0.6 is 0 Å². The second-order valence-electron chi connectivity index (χ2n) is 7.92. The maximum Gasteiger partial charge on any atom is 0.338 e. The van der Waals surface area contributed by atoms with E-state index in [1.165, 1.54) is 37.6 Å². The molecule has 7 nitrogen and oxygen atoms in total. The zero-order chi connectivity index (χ0) is 22.4. The van der Waals surface area contributed by atoms with Gasteiger partial charge in [-0.25, -0.2) is 13.2 Å². The second-order valence-corrected chi connectivity index (χ2v) is 9.60. The van der Waals surface area contributed by atoms with E-state index < -0.39 is 22.1 Å². The van der Waals surface area contributed by atoms with E-state index >= 15 is 0 Å². The van der Waals surface area contributed by atoms with Crippen LogP contribution in [-0.4, -0.2) is 32.4 Å². The van der Waals surface area contributed by atoms with E-state index in [0.29, 0.717) is 11.6 Å². The van der Waals surface area contributed by atoms with Gasteiger partial charge in [-0.2, -0.15) is 0 Å². The molecule has 2 aromatic carbocycles. The topological polar surface area (TPSA) is 102 Å². The number of benzene rings is 2. The van der Waals surface area contributed by atoms with E-state index in [1.54, 1.807) is 30.3 Å². The zero-order valence-corrected chi connectivity index (χ0v) is 18.5. The van der Waals surface area contributed by atoms with E-state index in [4.69, 9.17) is 4.74 Å². The number of sulfonamides is 1. The fraction of sp³-hybridized carbons (Fsp3) is 0.391. The normalized spacial score (nSPS) is 19.8. The lowest BCUT2D eigenvalue weighted by molar-refractivity contribution is -0.130. The van der Waals surface area contributed by atoms with Crippen LogP contribution in [0.5, 0.6) is 0 Å². The van der Waals surface area contributed by atoms with Crippen LogP contribution < -0.4 is 10.0 Å².